The molecule has 31 heavy (non-hydrogen) atoms. The first-order valence-electron chi connectivity index (χ1n) is 12.3. The Labute approximate surface area is 193 Å². The summed E-state index contributed by atoms with van der Waals surface area (Å²) in [5, 5.41) is 0.395. The molecule has 0 aliphatic heterocycles. The number of esters is 2. The summed E-state index contributed by atoms with van der Waals surface area (Å²) in [6.45, 7) is 2.69. The Hall–Kier alpha value is -1.55. The van der Waals surface area contributed by atoms with Crippen molar-refractivity contribution in [2.24, 2.45) is 11.8 Å². The molecule has 2 unspecified atom stereocenters. The Morgan fingerprint density at radius 2 is 1.39 bits per heavy atom. The van der Waals surface area contributed by atoms with E-state index in [1.807, 2.05) is 0 Å². The molecule has 0 heterocycles. The molecule has 1 fully saturated rings. The molecule has 0 radical (unpaired) electrons. The first kappa shape index (κ1) is 25.7. The van der Waals surface area contributed by atoms with Crippen LogP contribution in [-0.4, -0.2) is 18.5 Å². The maximum absolute atomic E-state index is 12.7. The molecular formula is C26H39ClO4. The summed E-state index contributed by atoms with van der Waals surface area (Å²) in [6.07, 6.45) is 15.6. The van der Waals surface area contributed by atoms with Crippen LogP contribution in [0, 0.1) is 11.8 Å². The van der Waals surface area contributed by atoms with Gasteiger partial charge in [-0.1, -0.05) is 101 Å². The fourth-order valence-electron chi connectivity index (χ4n) is 4.28. The number of hydrogen-bond acceptors (Lipinski definition) is 4. The normalized spacial score (nSPS) is 18.5. The quantitative estimate of drug-likeness (QED) is 0.167. The number of ether oxygens (including phenoxy) is 2. The average molecular weight is 451 g/mol. The van der Waals surface area contributed by atoms with Gasteiger partial charge in [0.15, 0.2) is 0 Å². The van der Waals surface area contributed by atoms with Crippen molar-refractivity contribution in [1.82, 2.24) is 0 Å². The van der Waals surface area contributed by atoms with Crippen LogP contribution in [0.3, 0.4) is 0 Å². The van der Waals surface area contributed by atoms with Gasteiger partial charge in [0.05, 0.1) is 23.5 Å². The molecule has 0 N–H and O–H groups in total. The molecule has 0 amide bonds. The molecule has 0 aromatic heterocycles. The molecule has 0 spiro atoms. The van der Waals surface area contributed by atoms with Gasteiger partial charge < -0.3 is 9.47 Å². The third-order valence-electron chi connectivity index (χ3n) is 6.16. The number of hydrogen-bond donors (Lipinski definition) is 0. The second kappa shape index (κ2) is 15.3. The number of unbranched alkanes of at least 4 members (excludes halogenated alkanes) is 9. The van der Waals surface area contributed by atoms with Crippen molar-refractivity contribution in [2.75, 3.05) is 6.61 Å². The molecular weight excluding hydrogens is 412 g/mol. The summed E-state index contributed by atoms with van der Waals surface area (Å²) in [5.74, 6) is -1.15. The standard InChI is InChI=1S/C26H39ClO4/c1-2-3-4-5-6-7-8-9-10-15-20-30-25(28)21-16-11-12-17-22(21)26(29)31-24-19-14-13-18-23(24)27/h13-14,18-19,21-22H,2-12,15-17,20H2,1H3. The fraction of sp³-hybridized carbons (Fsp3) is 0.692. The lowest BCUT2D eigenvalue weighted by Crippen LogP contribution is -2.36. The van der Waals surface area contributed by atoms with E-state index in [9.17, 15) is 9.59 Å². The van der Waals surface area contributed by atoms with Crippen LogP contribution in [-0.2, 0) is 14.3 Å². The summed E-state index contributed by atoms with van der Waals surface area (Å²) in [7, 11) is 0. The van der Waals surface area contributed by atoms with Crippen molar-refractivity contribution in [3.05, 3.63) is 29.3 Å². The van der Waals surface area contributed by atoms with E-state index in [2.05, 4.69) is 6.92 Å². The summed E-state index contributed by atoms with van der Waals surface area (Å²) in [5.41, 5.74) is 0. The molecule has 1 aromatic carbocycles. The van der Waals surface area contributed by atoms with Crippen LogP contribution < -0.4 is 4.74 Å². The van der Waals surface area contributed by atoms with Crippen LogP contribution in [0.1, 0.15) is 96.8 Å². The van der Waals surface area contributed by atoms with Gasteiger partial charge >= 0.3 is 11.9 Å². The lowest BCUT2D eigenvalue weighted by molar-refractivity contribution is -0.158. The maximum atomic E-state index is 12.7. The predicted molar refractivity (Wildman–Crippen MR) is 125 cm³/mol. The van der Waals surface area contributed by atoms with Gasteiger partial charge in [-0.3, -0.25) is 9.59 Å². The minimum Gasteiger partial charge on any atom is -0.465 e. The monoisotopic (exact) mass is 450 g/mol. The van der Waals surface area contributed by atoms with Gasteiger partial charge in [0.25, 0.3) is 0 Å². The molecule has 2 atom stereocenters. The second-order valence-corrected chi connectivity index (χ2v) is 9.11. The van der Waals surface area contributed by atoms with Gasteiger partial charge in [-0.2, -0.15) is 0 Å². The van der Waals surface area contributed by atoms with Crippen LogP contribution in [0.5, 0.6) is 5.75 Å². The molecule has 1 saturated carbocycles. The van der Waals surface area contributed by atoms with Gasteiger partial charge in [-0.15, -0.1) is 0 Å². The van der Waals surface area contributed by atoms with Crippen LogP contribution in [0.15, 0.2) is 24.3 Å². The van der Waals surface area contributed by atoms with Gasteiger partial charge in [0, 0.05) is 0 Å². The molecule has 0 saturated heterocycles. The van der Waals surface area contributed by atoms with Crippen molar-refractivity contribution >= 4 is 23.5 Å². The molecule has 174 valence electrons. The minimum absolute atomic E-state index is 0.253. The summed E-state index contributed by atoms with van der Waals surface area (Å²) < 4.78 is 11.0. The lowest BCUT2D eigenvalue weighted by atomic mass is 9.79. The van der Waals surface area contributed by atoms with Crippen molar-refractivity contribution < 1.29 is 19.1 Å². The van der Waals surface area contributed by atoms with Gasteiger partial charge in [0.1, 0.15) is 5.75 Å². The van der Waals surface area contributed by atoms with Gasteiger partial charge in [-0.05, 0) is 31.4 Å². The Morgan fingerprint density at radius 1 is 0.839 bits per heavy atom. The number of para-hydroxylation sites is 1. The van der Waals surface area contributed by atoms with Gasteiger partial charge in [0.2, 0.25) is 0 Å². The number of carbonyl (C=O) groups excluding carboxylic acids is 2. The third kappa shape index (κ3) is 9.64. The number of halogens is 1. The number of carbonyl (C=O) groups is 2. The topological polar surface area (TPSA) is 52.6 Å². The van der Waals surface area contributed by atoms with Gasteiger partial charge in [-0.25, -0.2) is 0 Å². The maximum Gasteiger partial charge on any atom is 0.315 e. The van der Waals surface area contributed by atoms with Crippen molar-refractivity contribution in [3.8, 4) is 5.75 Å². The van der Waals surface area contributed by atoms with Crippen molar-refractivity contribution in [2.45, 2.75) is 96.8 Å². The van der Waals surface area contributed by atoms with Crippen molar-refractivity contribution in [1.29, 1.82) is 0 Å². The molecule has 1 aliphatic rings. The molecule has 2 rings (SSSR count). The average Bonchev–Trinajstić information content (AvgIpc) is 2.78. The van der Waals surface area contributed by atoms with Crippen LogP contribution in [0.4, 0.5) is 0 Å². The van der Waals surface area contributed by atoms with E-state index in [1.165, 1.54) is 51.4 Å². The Balaban J connectivity index is 1.65. The first-order chi connectivity index (χ1) is 15.1. The fourth-order valence-corrected chi connectivity index (χ4v) is 4.45. The highest BCUT2D eigenvalue weighted by Crippen LogP contribution is 2.33. The minimum atomic E-state index is -0.453. The Kier molecular flexibility index (Phi) is 12.7. The molecule has 5 heteroatoms. The molecule has 1 aromatic rings. The Bertz CT molecular complexity index is 661. The van der Waals surface area contributed by atoms with Crippen molar-refractivity contribution in [3.63, 3.8) is 0 Å². The Morgan fingerprint density at radius 3 is 2.00 bits per heavy atom. The van der Waals surface area contributed by atoms with E-state index in [0.717, 1.165) is 25.7 Å². The first-order valence-corrected chi connectivity index (χ1v) is 12.6. The highest BCUT2D eigenvalue weighted by Gasteiger charge is 2.38. The van der Waals surface area contributed by atoms with Crippen LogP contribution in [0.25, 0.3) is 0 Å². The van der Waals surface area contributed by atoms with Crippen LogP contribution >= 0.6 is 11.6 Å². The summed E-state index contributed by atoms with van der Waals surface area (Å²) in [6, 6.07) is 6.91. The SMILES string of the molecule is CCCCCCCCCCCCOC(=O)C1CCCCC1C(=O)Oc1ccccc1Cl. The van der Waals surface area contributed by atoms with Crippen LogP contribution in [0.2, 0.25) is 5.02 Å². The number of benzene rings is 1. The highest BCUT2D eigenvalue weighted by atomic mass is 35.5. The molecule has 4 nitrogen and oxygen atoms in total. The smallest absolute Gasteiger partial charge is 0.315 e. The predicted octanol–water partition coefficient (Wildman–Crippen LogP) is 7.52. The summed E-state index contributed by atoms with van der Waals surface area (Å²) in [4.78, 5) is 25.3. The zero-order valence-corrected chi connectivity index (χ0v) is 19.8. The largest absolute Gasteiger partial charge is 0.465 e. The van der Waals surface area contributed by atoms with E-state index in [0.29, 0.717) is 30.2 Å². The highest BCUT2D eigenvalue weighted by molar-refractivity contribution is 6.32. The van der Waals surface area contributed by atoms with E-state index >= 15 is 0 Å². The second-order valence-electron chi connectivity index (χ2n) is 8.70. The number of rotatable bonds is 14. The van der Waals surface area contributed by atoms with E-state index in [-0.39, 0.29) is 11.9 Å². The summed E-state index contributed by atoms with van der Waals surface area (Å²) >= 11 is 6.10. The van der Waals surface area contributed by atoms with E-state index < -0.39 is 11.8 Å². The van der Waals surface area contributed by atoms with E-state index in [1.54, 1.807) is 24.3 Å². The zero-order valence-electron chi connectivity index (χ0n) is 19.1. The zero-order chi connectivity index (χ0) is 22.3. The molecule has 1 aliphatic carbocycles. The lowest BCUT2D eigenvalue weighted by Gasteiger charge is -2.28. The molecule has 0 bridgehead atoms. The van der Waals surface area contributed by atoms with E-state index in [4.69, 9.17) is 21.1 Å². The third-order valence-corrected chi connectivity index (χ3v) is 6.47.